The molecule has 1 heterocycles. The first-order valence-corrected chi connectivity index (χ1v) is 6.89. The zero-order chi connectivity index (χ0) is 13.1. The van der Waals surface area contributed by atoms with Crippen LogP contribution in [0.5, 0.6) is 0 Å². The van der Waals surface area contributed by atoms with Crippen molar-refractivity contribution < 1.29 is 0 Å². The van der Waals surface area contributed by atoms with E-state index in [2.05, 4.69) is 25.2 Å². The zero-order valence-electron chi connectivity index (χ0n) is 11.6. The van der Waals surface area contributed by atoms with Crippen LogP contribution in [0.4, 0.5) is 0 Å². The Bertz CT molecular complexity index is 441. The highest BCUT2D eigenvalue weighted by Gasteiger charge is 2.23. The Morgan fingerprint density at radius 3 is 2.78 bits per heavy atom. The van der Waals surface area contributed by atoms with Gasteiger partial charge in [0.1, 0.15) is 11.8 Å². The third kappa shape index (κ3) is 2.94. The van der Waals surface area contributed by atoms with E-state index in [1.54, 1.807) is 0 Å². The number of hydrogen-bond acceptors (Lipinski definition) is 2. The Morgan fingerprint density at radius 2 is 2.17 bits per heavy atom. The van der Waals surface area contributed by atoms with Crippen LogP contribution in [-0.4, -0.2) is 10.6 Å². The van der Waals surface area contributed by atoms with E-state index in [4.69, 9.17) is 5.26 Å². The molecule has 3 unspecified atom stereocenters. The number of nitrogens with zero attached hydrogens (tertiary/aromatic N) is 2. The Hall–Kier alpha value is -1.27. The summed E-state index contributed by atoms with van der Waals surface area (Å²) in [7, 11) is 1.92. The molecule has 2 rings (SSSR count). The summed E-state index contributed by atoms with van der Waals surface area (Å²) >= 11 is 0. The van der Waals surface area contributed by atoms with Gasteiger partial charge in [-0.15, -0.1) is 0 Å². The topological polar surface area (TPSA) is 40.8 Å². The maximum atomic E-state index is 8.92. The third-order valence-corrected chi connectivity index (χ3v) is 4.37. The minimum absolute atomic E-state index is 0.641. The molecule has 1 aromatic rings. The molecule has 1 fully saturated rings. The summed E-state index contributed by atoms with van der Waals surface area (Å²) in [5, 5.41) is 12.6. The molecule has 3 heteroatoms. The van der Waals surface area contributed by atoms with Gasteiger partial charge in [0.25, 0.3) is 0 Å². The lowest BCUT2D eigenvalue weighted by atomic mass is 9.79. The number of nitrogens with one attached hydrogen (secondary N) is 1. The van der Waals surface area contributed by atoms with Crippen LogP contribution >= 0.6 is 0 Å². The van der Waals surface area contributed by atoms with Gasteiger partial charge in [0, 0.05) is 25.8 Å². The molecule has 0 spiro atoms. The van der Waals surface area contributed by atoms with Crippen LogP contribution < -0.4 is 5.32 Å². The number of aromatic nitrogens is 1. The zero-order valence-corrected chi connectivity index (χ0v) is 11.6. The molecule has 0 aliphatic heterocycles. The second kappa shape index (κ2) is 5.58. The van der Waals surface area contributed by atoms with Crippen molar-refractivity contribution in [3.05, 3.63) is 23.5 Å². The van der Waals surface area contributed by atoms with Crippen LogP contribution in [0.2, 0.25) is 0 Å². The van der Waals surface area contributed by atoms with Crippen molar-refractivity contribution in [2.24, 2.45) is 18.9 Å². The summed E-state index contributed by atoms with van der Waals surface area (Å²) in [5.41, 5.74) is 1.94. The Balaban J connectivity index is 1.86. The van der Waals surface area contributed by atoms with Gasteiger partial charge in [-0.1, -0.05) is 13.8 Å². The molecule has 0 radical (unpaired) electrons. The molecule has 0 saturated heterocycles. The fourth-order valence-corrected chi connectivity index (χ4v) is 2.84. The van der Waals surface area contributed by atoms with Gasteiger partial charge < -0.3 is 9.88 Å². The second-order valence-corrected chi connectivity index (χ2v) is 5.80. The first-order valence-electron chi connectivity index (χ1n) is 6.89. The number of aryl methyl sites for hydroxylation is 1. The molecule has 1 aromatic heterocycles. The van der Waals surface area contributed by atoms with Gasteiger partial charge in [-0.2, -0.15) is 5.26 Å². The van der Waals surface area contributed by atoms with Crippen molar-refractivity contribution >= 4 is 0 Å². The molecule has 0 bridgehead atoms. The maximum Gasteiger partial charge on any atom is 0.120 e. The summed E-state index contributed by atoms with van der Waals surface area (Å²) in [6.45, 7) is 5.59. The fourth-order valence-electron chi connectivity index (χ4n) is 2.84. The lowest BCUT2D eigenvalue weighted by molar-refractivity contribution is 0.225. The monoisotopic (exact) mass is 245 g/mol. The van der Waals surface area contributed by atoms with Gasteiger partial charge in [0.05, 0.1) is 0 Å². The highest BCUT2D eigenvalue weighted by atomic mass is 15.0. The normalized spacial score (nSPS) is 28.0. The van der Waals surface area contributed by atoms with E-state index in [0.717, 1.165) is 24.1 Å². The molecule has 3 atom stereocenters. The second-order valence-electron chi connectivity index (χ2n) is 5.80. The first kappa shape index (κ1) is 13.2. The van der Waals surface area contributed by atoms with E-state index in [1.165, 1.54) is 24.8 Å². The minimum atomic E-state index is 0.641. The summed E-state index contributed by atoms with van der Waals surface area (Å²) in [6, 6.07) is 4.82. The third-order valence-electron chi connectivity index (χ3n) is 4.37. The van der Waals surface area contributed by atoms with Crippen molar-refractivity contribution in [2.75, 3.05) is 0 Å². The molecular formula is C15H23N3. The Morgan fingerprint density at radius 1 is 1.39 bits per heavy atom. The molecule has 18 heavy (non-hydrogen) atoms. The first-order chi connectivity index (χ1) is 8.60. The molecule has 1 aliphatic rings. The van der Waals surface area contributed by atoms with E-state index in [9.17, 15) is 0 Å². The minimum Gasteiger partial charge on any atom is -0.342 e. The standard InChI is InChI=1S/C15H23N3/c1-11-4-5-14(6-12(11)2)17-9-13-7-15(8-16)18(3)10-13/h7,10-12,14,17H,4-6,9H2,1-3H3. The van der Waals surface area contributed by atoms with Crippen LogP contribution in [0.3, 0.4) is 0 Å². The van der Waals surface area contributed by atoms with Gasteiger partial charge >= 0.3 is 0 Å². The van der Waals surface area contributed by atoms with E-state index in [-0.39, 0.29) is 0 Å². The fraction of sp³-hybridized carbons (Fsp3) is 0.667. The van der Waals surface area contributed by atoms with Gasteiger partial charge in [-0.25, -0.2) is 0 Å². The average molecular weight is 245 g/mol. The molecule has 1 saturated carbocycles. The van der Waals surface area contributed by atoms with Crippen molar-refractivity contribution in [3.8, 4) is 6.07 Å². The molecule has 3 nitrogen and oxygen atoms in total. The molecule has 98 valence electrons. The van der Waals surface area contributed by atoms with Crippen LogP contribution in [0.1, 0.15) is 44.4 Å². The lowest BCUT2D eigenvalue weighted by Gasteiger charge is -2.32. The Labute approximate surface area is 110 Å². The number of hydrogen-bond donors (Lipinski definition) is 1. The lowest BCUT2D eigenvalue weighted by Crippen LogP contribution is -2.35. The average Bonchev–Trinajstić information content (AvgIpc) is 2.71. The van der Waals surface area contributed by atoms with E-state index in [1.807, 2.05) is 23.9 Å². The SMILES string of the molecule is CC1CCC(NCc2cc(C#N)n(C)c2)CC1C. The van der Waals surface area contributed by atoms with Crippen molar-refractivity contribution in [1.82, 2.24) is 9.88 Å². The van der Waals surface area contributed by atoms with Crippen molar-refractivity contribution in [1.29, 1.82) is 5.26 Å². The quantitative estimate of drug-likeness (QED) is 0.889. The van der Waals surface area contributed by atoms with Crippen LogP contribution in [0.15, 0.2) is 12.3 Å². The van der Waals surface area contributed by atoms with Crippen LogP contribution in [0, 0.1) is 23.2 Å². The predicted octanol–water partition coefficient (Wildman–Crippen LogP) is 2.81. The summed E-state index contributed by atoms with van der Waals surface area (Å²) in [5.74, 6) is 1.69. The molecule has 0 amide bonds. The Kier molecular flexibility index (Phi) is 4.08. The van der Waals surface area contributed by atoms with Crippen molar-refractivity contribution in [3.63, 3.8) is 0 Å². The summed E-state index contributed by atoms with van der Waals surface area (Å²) in [4.78, 5) is 0. The molecule has 0 aromatic carbocycles. The van der Waals surface area contributed by atoms with E-state index in [0.29, 0.717) is 6.04 Å². The largest absolute Gasteiger partial charge is 0.342 e. The highest BCUT2D eigenvalue weighted by Crippen LogP contribution is 2.29. The number of rotatable bonds is 3. The molecule has 1 aliphatic carbocycles. The van der Waals surface area contributed by atoms with Gasteiger partial charge in [-0.3, -0.25) is 0 Å². The van der Waals surface area contributed by atoms with Gasteiger partial charge in [0.2, 0.25) is 0 Å². The smallest absolute Gasteiger partial charge is 0.120 e. The molecular weight excluding hydrogens is 222 g/mol. The predicted molar refractivity (Wildman–Crippen MR) is 72.9 cm³/mol. The van der Waals surface area contributed by atoms with E-state index < -0.39 is 0 Å². The highest BCUT2D eigenvalue weighted by molar-refractivity contribution is 5.28. The van der Waals surface area contributed by atoms with Crippen LogP contribution in [0.25, 0.3) is 0 Å². The number of nitriles is 1. The van der Waals surface area contributed by atoms with Gasteiger partial charge in [-0.05, 0) is 42.7 Å². The van der Waals surface area contributed by atoms with Crippen molar-refractivity contribution in [2.45, 2.75) is 45.7 Å². The maximum absolute atomic E-state index is 8.92. The summed E-state index contributed by atoms with van der Waals surface area (Å²) in [6.07, 6.45) is 5.93. The van der Waals surface area contributed by atoms with Gasteiger partial charge in [0.15, 0.2) is 0 Å². The molecule has 1 N–H and O–H groups in total. The van der Waals surface area contributed by atoms with E-state index >= 15 is 0 Å². The summed E-state index contributed by atoms with van der Waals surface area (Å²) < 4.78 is 1.89. The van der Waals surface area contributed by atoms with Crippen LogP contribution in [-0.2, 0) is 13.6 Å².